The fourth-order valence-corrected chi connectivity index (χ4v) is 4.00. The van der Waals surface area contributed by atoms with Gasteiger partial charge in [-0.2, -0.15) is 13.2 Å². The first-order valence-electron chi connectivity index (χ1n) is 10.6. The number of likely N-dealkylation sites (tertiary alicyclic amines) is 1. The number of benzene rings is 1. The Bertz CT molecular complexity index is 1230. The lowest BCUT2D eigenvalue weighted by molar-refractivity contribution is -0.169. The van der Waals surface area contributed by atoms with Crippen molar-refractivity contribution in [3.8, 4) is 11.1 Å². The molecule has 0 bridgehead atoms. The Morgan fingerprint density at radius 1 is 1.18 bits per heavy atom. The summed E-state index contributed by atoms with van der Waals surface area (Å²) in [5.74, 6) is -1.55. The van der Waals surface area contributed by atoms with E-state index in [0.29, 0.717) is 34.7 Å². The van der Waals surface area contributed by atoms with Gasteiger partial charge in [0, 0.05) is 42.4 Å². The van der Waals surface area contributed by atoms with Crippen molar-refractivity contribution >= 4 is 22.8 Å². The summed E-state index contributed by atoms with van der Waals surface area (Å²) < 4.78 is 53.4. The number of amides is 2. The van der Waals surface area contributed by atoms with E-state index in [1.54, 1.807) is 13.1 Å². The Morgan fingerprint density at radius 3 is 2.61 bits per heavy atom. The van der Waals surface area contributed by atoms with E-state index in [4.69, 9.17) is 0 Å². The minimum atomic E-state index is -4.36. The van der Waals surface area contributed by atoms with Crippen LogP contribution in [0.15, 0.2) is 24.4 Å². The highest BCUT2D eigenvalue weighted by atomic mass is 19.4. The molecule has 1 aliphatic rings. The van der Waals surface area contributed by atoms with Crippen LogP contribution in [0.1, 0.15) is 30.4 Å². The van der Waals surface area contributed by atoms with Crippen molar-refractivity contribution in [1.29, 1.82) is 0 Å². The van der Waals surface area contributed by atoms with E-state index in [2.05, 4.69) is 20.3 Å². The van der Waals surface area contributed by atoms with Gasteiger partial charge in [0.1, 0.15) is 11.6 Å². The first-order chi connectivity index (χ1) is 15.6. The molecule has 3 heterocycles. The summed E-state index contributed by atoms with van der Waals surface area (Å²) in [6.45, 7) is 5.02. The van der Waals surface area contributed by atoms with Crippen molar-refractivity contribution in [3.63, 3.8) is 0 Å². The maximum absolute atomic E-state index is 14.6. The van der Waals surface area contributed by atoms with Gasteiger partial charge in [-0.15, -0.1) is 0 Å². The molecule has 4 rings (SSSR count). The average Bonchev–Trinajstić information content (AvgIpc) is 3.26. The fourth-order valence-electron chi connectivity index (χ4n) is 4.00. The molecule has 174 valence electrons. The molecule has 6 nitrogen and oxygen atoms in total. The number of pyridine rings is 1. The number of urea groups is 1. The van der Waals surface area contributed by atoms with Crippen LogP contribution < -0.4 is 5.32 Å². The molecular weight excluding hydrogens is 438 g/mol. The van der Waals surface area contributed by atoms with Crippen molar-refractivity contribution in [2.45, 2.75) is 39.8 Å². The van der Waals surface area contributed by atoms with E-state index in [1.165, 1.54) is 12.1 Å². The molecule has 0 spiro atoms. The standard InChI is InChI=1S/C23H23F4N5O/c1-4-20-28-10-14-8-17(13(3)29-21(14)31-20)16-9-19(18(24)7-12(16)2)30-22(33)32-6-5-15(11-32)23(25,26)27/h7-10,15H,4-6,11H2,1-3H3,(H,30,33). The van der Waals surface area contributed by atoms with Crippen LogP contribution in [0.3, 0.4) is 0 Å². The Labute approximate surface area is 188 Å². The molecule has 1 atom stereocenters. The topological polar surface area (TPSA) is 71.0 Å². The summed E-state index contributed by atoms with van der Waals surface area (Å²) in [5.41, 5.74) is 3.12. The summed E-state index contributed by atoms with van der Waals surface area (Å²) >= 11 is 0. The lowest BCUT2D eigenvalue weighted by Gasteiger charge is -2.20. The second-order valence-electron chi connectivity index (χ2n) is 8.22. The van der Waals surface area contributed by atoms with Crippen molar-refractivity contribution < 1.29 is 22.4 Å². The molecule has 1 fully saturated rings. The number of aromatic nitrogens is 3. The molecule has 0 radical (unpaired) electrons. The lowest BCUT2D eigenvalue weighted by Crippen LogP contribution is -2.35. The van der Waals surface area contributed by atoms with E-state index in [1.807, 2.05) is 19.9 Å². The maximum atomic E-state index is 14.6. The van der Waals surface area contributed by atoms with Gasteiger partial charge in [-0.05, 0) is 49.6 Å². The number of carbonyl (C=O) groups excluding carboxylic acids is 1. The molecule has 1 aliphatic heterocycles. The number of aryl methyl sites for hydroxylation is 3. The predicted octanol–water partition coefficient (Wildman–Crippen LogP) is 5.43. The molecule has 1 unspecified atom stereocenters. The first kappa shape index (κ1) is 22.9. The highest BCUT2D eigenvalue weighted by molar-refractivity contribution is 5.91. The first-order valence-corrected chi connectivity index (χ1v) is 10.6. The third-order valence-corrected chi connectivity index (χ3v) is 5.91. The van der Waals surface area contributed by atoms with Gasteiger partial charge in [-0.3, -0.25) is 0 Å². The second kappa shape index (κ2) is 8.57. The molecular formula is C23H23F4N5O. The lowest BCUT2D eigenvalue weighted by atomic mass is 9.97. The van der Waals surface area contributed by atoms with Gasteiger partial charge in [-0.1, -0.05) is 6.92 Å². The third kappa shape index (κ3) is 4.60. The smallest absolute Gasteiger partial charge is 0.324 e. The van der Waals surface area contributed by atoms with Crippen LogP contribution in [0.25, 0.3) is 22.2 Å². The minimum absolute atomic E-state index is 0.0379. The second-order valence-corrected chi connectivity index (χ2v) is 8.22. The van der Waals surface area contributed by atoms with Crippen LogP contribution >= 0.6 is 0 Å². The van der Waals surface area contributed by atoms with Crippen LogP contribution in [0, 0.1) is 25.6 Å². The molecule has 1 aromatic carbocycles. The van der Waals surface area contributed by atoms with Crippen LogP contribution in [0.5, 0.6) is 0 Å². The predicted molar refractivity (Wildman–Crippen MR) is 116 cm³/mol. The molecule has 1 saturated heterocycles. The van der Waals surface area contributed by atoms with Crippen LogP contribution in [0.4, 0.5) is 28.0 Å². The number of carbonyl (C=O) groups is 1. The van der Waals surface area contributed by atoms with Gasteiger partial charge in [0.05, 0.1) is 11.6 Å². The molecule has 0 saturated carbocycles. The van der Waals surface area contributed by atoms with Crippen LogP contribution in [-0.2, 0) is 6.42 Å². The Balaban J connectivity index is 1.64. The Hall–Kier alpha value is -3.30. The SMILES string of the molecule is CCc1ncc2cc(-c3cc(NC(=O)N4CCC(C(F)(F)F)C4)c(F)cc3C)c(C)nc2n1. The van der Waals surface area contributed by atoms with Gasteiger partial charge >= 0.3 is 12.2 Å². The number of nitrogens with one attached hydrogen (secondary N) is 1. The third-order valence-electron chi connectivity index (χ3n) is 5.91. The molecule has 1 N–H and O–H groups in total. The summed E-state index contributed by atoms with van der Waals surface area (Å²) in [4.78, 5) is 26.9. The van der Waals surface area contributed by atoms with Crippen molar-refractivity contribution in [2.24, 2.45) is 5.92 Å². The average molecular weight is 461 g/mol. The number of halogens is 4. The van der Waals surface area contributed by atoms with E-state index in [9.17, 15) is 22.4 Å². The summed E-state index contributed by atoms with van der Waals surface area (Å²) in [7, 11) is 0. The van der Waals surface area contributed by atoms with Gasteiger partial charge in [-0.25, -0.2) is 24.1 Å². The highest BCUT2D eigenvalue weighted by Gasteiger charge is 2.44. The number of anilines is 1. The van der Waals surface area contributed by atoms with Gasteiger partial charge in [0.25, 0.3) is 0 Å². The van der Waals surface area contributed by atoms with Gasteiger partial charge in [0.15, 0.2) is 5.65 Å². The molecule has 0 aliphatic carbocycles. The zero-order valence-electron chi connectivity index (χ0n) is 18.4. The summed E-state index contributed by atoms with van der Waals surface area (Å²) in [5, 5.41) is 3.15. The normalized spacial score (nSPS) is 16.5. The fraction of sp³-hybridized carbons (Fsp3) is 0.391. The van der Waals surface area contributed by atoms with E-state index < -0.39 is 30.5 Å². The number of hydrogen-bond acceptors (Lipinski definition) is 4. The summed E-state index contributed by atoms with van der Waals surface area (Å²) in [6, 6.07) is 3.87. The van der Waals surface area contributed by atoms with Crippen LogP contribution in [0.2, 0.25) is 0 Å². The van der Waals surface area contributed by atoms with Crippen molar-refractivity contribution in [3.05, 3.63) is 47.3 Å². The molecule has 3 aromatic rings. The van der Waals surface area contributed by atoms with E-state index >= 15 is 0 Å². The summed E-state index contributed by atoms with van der Waals surface area (Å²) in [6.07, 6.45) is -2.16. The molecule has 2 aromatic heterocycles. The number of fused-ring (bicyclic) bond motifs is 1. The zero-order chi connectivity index (χ0) is 23.9. The molecule has 2 amide bonds. The van der Waals surface area contributed by atoms with Gasteiger partial charge in [0.2, 0.25) is 0 Å². The largest absolute Gasteiger partial charge is 0.393 e. The minimum Gasteiger partial charge on any atom is -0.324 e. The van der Waals surface area contributed by atoms with Crippen molar-refractivity contribution in [1.82, 2.24) is 19.9 Å². The van der Waals surface area contributed by atoms with Gasteiger partial charge < -0.3 is 10.2 Å². The maximum Gasteiger partial charge on any atom is 0.393 e. The Kier molecular flexibility index (Phi) is 5.94. The zero-order valence-corrected chi connectivity index (χ0v) is 18.4. The Morgan fingerprint density at radius 2 is 1.94 bits per heavy atom. The quantitative estimate of drug-likeness (QED) is 0.529. The van der Waals surface area contributed by atoms with E-state index in [0.717, 1.165) is 15.8 Å². The number of nitrogens with zero attached hydrogens (tertiary/aromatic N) is 4. The number of rotatable bonds is 3. The van der Waals surface area contributed by atoms with Crippen LogP contribution in [-0.4, -0.2) is 45.1 Å². The highest BCUT2D eigenvalue weighted by Crippen LogP contribution is 2.35. The monoisotopic (exact) mass is 461 g/mol. The van der Waals surface area contributed by atoms with Crippen molar-refractivity contribution in [2.75, 3.05) is 18.4 Å². The van der Waals surface area contributed by atoms with E-state index in [-0.39, 0.29) is 18.7 Å². The molecule has 10 heteroatoms. The number of alkyl halides is 3. The number of hydrogen-bond donors (Lipinski definition) is 1. The molecule has 33 heavy (non-hydrogen) atoms.